The van der Waals surface area contributed by atoms with Crippen molar-refractivity contribution in [2.75, 3.05) is 13.2 Å². The lowest BCUT2D eigenvalue weighted by molar-refractivity contribution is -0.138. The van der Waals surface area contributed by atoms with E-state index in [0.29, 0.717) is 49.4 Å². The number of pyridine rings is 2. The van der Waals surface area contributed by atoms with Crippen molar-refractivity contribution in [2.24, 2.45) is 5.41 Å². The Morgan fingerprint density at radius 1 is 1.06 bits per heavy atom. The summed E-state index contributed by atoms with van der Waals surface area (Å²) in [6.45, 7) is 4.94. The molecular weight excluding hydrogens is 473 g/mol. The number of aliphatic hydroxyl groups is 2. The molecule has 2 fully saturated rings. The number of halogens is 3. The Labute approximate surface area is 207 Å². The molecule has 4 aliphatic rings. The second kappa shape index (κ2) is 8.21. The Balaban J connectivity index is 1.57. The molecule has 36 heavy (non-hydrogen) atoms. The van der Waals surface area contributed by atoms with Crippen LogP contribution in [0.2, 0.25) is 0 Å². The van der Waals surface area contributed by atoms with Gasteiger partial charge >= 0.3 is 6.18 Å². The minimum absolute atomic E-state index is 0.0387. The first-order valence-electron chi connectivity index (χ1n) is 12.8. The molecule has 1 saturated heterocycles. The molecule has 0 amide bonds. The fourth-order valence-electron chi connectivity index (χ4n) is 6.74. The summed E-state index contributed by atoms with van der Waals surface area (Å²) < 4.78 is 52.0. The van der Waals surface area contributed by atoms with Crippen molar-refractivity contribution in [3.63, 3.8) is 0 Å². The van der Waals surface area contributed by atoms with Crippen molar-refractivity contribution in [1.82, 2.24) is 9.97 Å². The number of alkyl halides is 3. The summed E-state index contributed by atoms with van der Waals surface area (Å²) in [6, 6.07) is 2.40. The summed E-state index contributed by atoms with van der Waals surface area (Å²) in [5, 5.41) is 23.0. The van der Waals surface area contributed by atoms with Crippen LogP contribution in [0, 0.1) is 5.41 Å². The van der Waals surface area contributed by atoms with Crippen molar-refractivity contribution in [1.29, 1.82) is 0 Å². The summed E-state index contributed by atoms with van der Waals surface area (Å²) in [6.07, 6.45) is -1.66. The van der Waals surface area contributed by atoms with Crippen LogP contribution in [0.3, 0.4) is 0 Å². The molecule has 1 saturated carbocycles. The smallest absolute Gasteiger partial charge is 0.388 e. The van der Waals surface area contributed by atoms with Crippen molar-refractivity contribution in [2.45, 2.75) is 88.4 Å². The molecule has 9 heteroatoms. The molecule has 3 atom stereocenters. The van der Waals surface area contributed by atoms with Crippen molar-refractivity contribution in [3.05, 3.63) is 57.7 Å². The van der Waals surface area contributed by atoms with E-state index < -0.39 is 35.7 Å². The van der Waals surface area contributed by atoms with Gasteiger partial charge in [0, 0.05) is 54.5 Å². The number of rotatable bonds is 2. The van der Waals surface area contributed by atoms with E-state index in [9.17, 15) is 23.4 Å². The molecule has 4 heterocycles. The minimum Gasteiger partial charge on any atom is -0.388 e. The first kappa shape index (κ1) is 24.3. The number of hydrogen-bond acceptors (Lipinski definition) is 6. The van der Waals surface area contributed by atoms with E-state index in [1.807, 2.05) is 13.8 Å². The van der Waals surface area contributed by atoms with Gasteiger partial charge in [-0.1, -0.05) is 20.3 Å². The average Bonchev–Trinajstić information content (AvgIpc) is 3.13. The zero-order valence-electron chi connectivity index (χ0n) is 20.4. The summed E-state index contributed by atoms with van der Waals surface area (Å²) in [4.78, 5) is 9.15. The fraction of sp³-hybridized carbons (Fsp3) is 0.630. The first-order valence-corrected chi connectivity index (χ1v) is 12.8. The molecule has 0 unspecified atom stereocenters. The summed E-state index contributed by atoms with van der Waals surface area (Å²) in [5.41, 5.74) is 1.94. The second-order valence-electron chi connectivity index (χ2n) is 11.2. The maximum absolute atomic E-state index is 13.2. The maximum Gasteiger partial charge on any atom is 0.417 e. The van der Waals surface area contributed by atoms with Gasteiger partial charge in [-0.2, -0.15) is 13.2 Å². The molecule has 2 N–H and O–H groups in total. The number of nitrogens with zero attached hydrogens (tertiary/aromatic N) is 2. The van der Waals surface area contributed by atoms with Crippen LogP contribution in [0.5, 0.6) is 0 Å². The van der Waals surface area contributed by atoms with Gasteiger partial charge in [0.05, 0.1) is 28.7 Å². The Morgan fingerprint density at radius 2 is 1.78 bits per heavy atom. The van der Waals surface area contributed by atoms with E-state index in [0.717, 1.165) is 48.3 Å². The zero-order chi connectivity index (χ0) is 25.5. The molecule has 0 bridgehead atoms. The van der Waals surface area contributed by atoms with E-state index in [2.05, 4.69) is 4.98 Å². The Kier molecular flexibility index (Phi) is 5.54. The Morgan fingerprint density at radius 3 is 2.33 bits per heavy atom. The molecule has 2 aliphatic carbocycles. The molecule has 6 nitrogen and oxygen atoms in total. The number of aliphatic hydroxyl groups excluding tert-OH is 2. The molecule has 2 aliphatic heterocycles. The Bertz CT molecular complexity index is 1170. The number of fused-ring (bicyclic) bond motifs is 4. The van der Waals surface area contributed by atoms with E-state index in [4.69, 9.17) is 14.5 Å². The van der Waals surface area contributed by atoms with E-state index in [-0.39, 0.29) is 11.3 Å². The van der Waals surface area contributed by atoms with E-state index in [1.165, 1.54) is 6.07 Å². The largest absolute Gasteiger partial charge is 0.417 e. The lowest BCUT2D eigenvalue weighted by Gasteiger charge is -2.51. The van der Waals surface area contributed by atoms with Crippen LogP contribution >= 0.6 is 0 Å². The molecule has 0 aromatic carbocycles. The Hall–Kier alpha value is -2.07. The number of hydrogen-bond donors (Lipinski definition) is 2. The van der Waals surface area contributed by atoms with Gasteiger partial charge in [0.2, 0.25) is 0 Å². The normalized spacial score (nSPS) is 28.3. The first-order chi connectivity index (χ1) is 17.1. The van der Waals surface area contributed by atoms with Gasteiger partial charge in [-0.15, -0.1) is 0 Å². The van der Waals surface area contributed by atoms with Crippen molar-refractivity contribution < 1.29 is 32.9 Å². The molecule has 2 aromatic heterocycles. The SMILES string of the molecule is CC(C)c1nc2c(c3c1[C@@H](c1ccc(C(F)(F)F)cn1)OC31CCOCC1)[C@@H](O)CC1(CCC1)[C@H]2O. The molecule has 194 valence electrons. The molecule has 6 rings (SSSR count). The van der Waals surface area contributed by atoms with Crippen LogP contribution in [0.4, 0.5) is 13.2 Å². The minimum atomic E-state index is -4.48. The van der Waals surface area contributed by atoms with Gasteiger partial charge < -0.3 is 19.7 Å². The third-order valence-electron chi connectivity index (χ3n) is 8.74. The fourth-order valence-corrected chi connectivity index (χ4v) is 6.74. The van der Waals surface area contributed by atoms with E-state index in [1.54, 1.807) is 0 Å². The highest BCUT2D eigenvalue weighted by Gasteiger charge is 2.56. The lowest BCUT2D eigenvalue weighted by Crippen LogP contribution is -2.43. The van der Waals surface area contributed by atoms with Gasteiger partial charge in [0.25, 0.3) is 0 Å². The van der Waals surface area contributed by atoms with Crippen molar-refractivity contribution >= 4 is 0 Å². The summed E-state index contributed by atoms with van der Waals surface area (Å²) >= 11 is 0. The van der Waals surface area contributed by atoms with Crippen LogP contribution in [0.15, 0.2) is 18.3 Å². The van der Waals surface area contributed by atoms with Crippen LogP contribution in [-0.2, 0) is 21.3 Å². The number of aromatic nitrogens is 2. The topological polar surface area (TPSA) is 84.7 Å². The van der Waals surface area contributed by atoms with Gasteiger partial charge in [0.1, 0.15) is 12.2 Å². The standard InChI is InChI=1S/C27H31F3N2O4/c1-14(2)21-19-20(18-17(33)12-25(6-3-7-25)24(34)22(18)32-21)26(8-10-35-11-9-26)36-23(19)16-5-4-15(13-31-16)27(28,29)30/h4-5,13-14,17,23-24,33-34H,3,6-12H2,1-2H3/t17-,23+,24-/m0/s1. The van der Waals surface area contributed by atoms with Crippen LogP contribution in [0.25, 0.3) is 0 Å². The van der Waals surface area contributed by atoms with E-state index >= 15 is 0 Å². The summed E-state index contributed by atoms with van der Waals surface area (Å²) in [7, 11) is 0. The van der Waals surface area contributed by atoms with Crippen LogP contribution < -0.4 is 0 Å². The predicted molar refractivity (Wildman–Crippen MR) is 123 cm³/mol. The monoisotopic (exact) mass is 504 g/mol. The third-order valence-corrected chi connectivity index (χ3v) is 8.74. The maximum atomic E-state index is 13.2. The quantitative estimate of drug-likeness (QED) is 0.571. The van der Waals surface area contributed by atoms with Gasteiger partial charge in [-0.05, 0) is 42.9 Å². The van der Waals surface area contributed by atoms with Crippen LogP contribution in [-0.4, -0.2) is 33.4 Å². The molecule has 2 spiro atoms. The van der Waals surface area contributed by atoms with Gasteiger partial charge in [-0.25, -0.2) is 0 Å². The van der Waals surface area contributed by atoms with Crippen molar-refractivity contribution in [3.8, 4) is 0 Å². The summed E-state index contributed by atoms with van der Waals surface area (Å²) in [5.74, 6) is -0.0387. The van der Waals surface area contributed by atoms with Gasteiger partial charge in [-0.3, -0.25) is 9.97 Å². The molecular formula is C27H31F3N2O4. The number of ether oxygens (including phenoxy) is 2. The lowest BCUT2D eigenvalue weighted by atomic mass is 9.57. The highest BCUT2D eigenvalue weighted by Crippen LogP contribution is 2.63. The van der Waals surface area contributed by atoms with Crippen LogP contribution in [0.1, 0.15) is 116 Å². The highest BCUT2D eigenvalue weighted by atomic mass is 19.4. The zero-order valence-corrected chi connectivity index (χ0v) is 20.4. The predicted octanol–water partition coefficient (Wildman–Crippen LogP) is 5.38. The van der Waals surface area contributed by atoms with Gasteiger partial charge in [0.15, 0.2) is 0 Å². The molecule has 0 radical (unpaired) electrons. The highest BCUT2D eigenvalue weighted by molar-refractivity contribution is 5.54. The third kappa shape index (κ3) is 3.46. The average molecular weight is 505 g/mol. The molecule has 2 aromatic rings. The second-order valence-corrected chi connectivity index (χ2v) is 11.2.